The lowest BCUT2D eigenvalue weighted by molar-refractivity contribution is 0.356. The van der Waals surface area contributed by atoms with Crippen LogP contribution in [0.2, 0.25) is 10.0 Å². The van der Waals surface area contributed by atoms with Crippen molar-refractivity contribution in [3.63, 3.8) is 0 Å². The Kier molecular flexibility index (Phi) is 4.36. The molecular weight excluding hydrogens is 307 g/mol. The lowest BCUT2D eigenvalue weighted by atomic mass is 9.97. The molecule has 0 aliphatic carbocycles. The summed E-state index contributed by atoms with van der Waals surface area (Å²) >= 11 is 12.2. The molecule has 0 aromatic heterocycles. The first-order chi connectivity index (χ1) is 10.2. The summed E-state index contributed by atoms with van der Waals surface area (Å²) in [6, 6.07) is 11.7. The molecule has 110 valence electrons. The SMILES string of the molecule is NNC(Cc1ccc(Cl)cc1Cl)c1ccc2c(c1)CCO2. The topological polar surface area (TPSA) is 47.3 Å². The van der Waals surface area contributed by atoms with Gasteiger partial charge in [-0.05, 0) is 41.3 Å². The zero-order valence-electron chi connectivity index (χ0n) is 11.4. The Labute approximate surface area is 134 Å². The van der Waals surface area contributed by atoms with E-state index in [1.165, 1.54) is 5.56 Å². The van der Waals surface area contributed by atoms with Crippen molar-refractivity contribution in [2.75, 3.05) is 6.61 Å². The smallest absolute Gasteiger partial charge is 0.122 e. The molecule has 1 heterocycles. The van der Waals surface area contributed by atoms with Gasteiger partial charge in [0.05, 0.1) is 12.6 Å². The van der Waals surface area contributed by atoms with Gasteiger partial charge in [0.15, 0.2) is 0 Å². The number of hydrazine groups is 1. The molecule has 1 unspecified atom stereocenters. The van der Waals surface area contributed by atoms with E-state index in [2.05, 4.69) is 11.5 Å². The highest BCUT2D eigenvalue weighted by atomic mass is 35.5. The molecule has 5 heteroatoms. The van der Waals surface area contributed by atoms with Crippen LogP contribution in [0, 0.1) is 0 Å². The van der Waals surface area contributed by atoms with Crippen molar-refractivity contribution in [1.29, 1.82) is 0 Å². The van der Waals surface area contributed by atoms with E-state index in [-0.39, 0.29) is 6.04 Å². The van der Waals surface area contributed by atoms with E-state index >= 15 is 0 Å². The van der Waals surface area contributed by atoms with Crippen molar-refractivity contribution in [2.45, 2.75) is 18.9 Å². The molecule has 0 radical (unpaired) electrons. The first-order valence-electron chi connectivity index (χ1n) is 6.83. The van der Waals surface area contributed by atoms with Gasteiger partial charge in [0.1, 0.15) is 5.75 Å². The number of nitrogens with one attached hydrogen (secondary N) is 1. The van der Waals surface area contributed by atoms with Crippen LogP contribution in [0.25, 0.3) is 0 Å². The Bertz CT molecular complexity index is 661. The first kappa shape index (κ1) is 14.7. The van der Waals surface area contributed by atoms with Crippen molar-refractivity contribution in [2.24, 2.45) is 5.84 Å². The highest BCUT2D eigenvalue weighted by Crippen LogP contribution is 2.30. The molecule has 0 bridgehead atoms. The number of rotatable bonds is 4. The van der Waals surface area contributed by atoms with Crippen molar-refractivity contribution in [3.8, 4) is 5.75 Å². The number of halogens is 2. The Morgan fingerprint density at radius 1 is 1.19 bits per heavy atom. The average Bonchev–Trinajstić information content (AvgIpc) is 2.94. The zero-order chi connectivity index (χ0) is 14.8. The minimum absolute atomic E-state index is 0.00502. The molecule has 3 N–H and O–H groups in total. The summed E-state index contributed by atoms with van der Waals surface area (Å²) in [7, 11) is 0. The van der Waals surface area contributed by atoms with Crippen LogP contribution in [-0.2, 0) is 12.8 Å². The van der Waals surface area contributed by atoms with Gasteiger partial charge >= 0.3 is 0 Å². The van der Waals surface area contributed by atoms with Crippen molar-refractivity contribution in [1.82, 2.24) is 5.43 Å². The van der Waals surface area contributed by atoms with E-state index in [0.29, 0.717) is 16.5 Å². The Morgan fingerprint density at radius 2 is 2.05 bits per heavy atom. The minimum atomic E-state index is -0.00502. The van der Waals surface area contributed by atoms with Crippen LogP contribution in [-0.4, -0.2) is 6.61 Å². The maximum atomic E-state index is 6.24. The van der Waals surface area contributed by atoms with E-state index in [0.717, 1.165) is 29.9 Å². The van der Waals surface area contributed by atoms with Gasteiger partial charge in [-0.25, -0.2) is 0 Å². The van der Waals surface area contributed by atoms with Gasteiger partial charge in [-0.15, -0.1) is 0 Å². The molecule has 21 heavy (non-hydrogen) atoms. The fraction of sp³-hybridized carbons (Fsp3) is 0.250. The second-order valence-corrected chi connectivity index (χ2v) is 5.97. The predicted octanol–water partition coefficient (Wildman–Crippen LogP) is 3.68. The second kappa shape index (κ2) is 6.24. The molecule has 0 amide bonds. The standard InChI is InChI=1S/C16H16Cl2N2O/c17-13-3-1-10(14(18)9-13)8-15(20-19)11-2-4-16-12(7-11)5-6-21-16/h1-4,7,9,15,20H,5-6,8,19H2. The van der Waals surface area contributed by atoms with E-state index in [1.54, 1.807) is 6.07 Å². The first-order valence-corrected chi connectivity index (χ1v) is 7.58. The van der Waals surface area contributed by atoms with E-state index < -0.39 is 0 Å². The van der Waals surface area contributed by atoms with Crippen LogP contribution in [0.1, 0.15) is 22.7 Å². The normalized spacial score (nSPS) is 14.6. The minimum Gasteiger partial charge on any atom is -0.493 e. The third-order valence-electron chi connectivity index (χ3n) is 3.76. The number of ether oxygens (including phenoxy) is 1. The maximum Gasteiger partial charge on any atom is 0.122 e. The van der Waals surface area contributed by atoms with Crippen LogP contribution in [0.3, 0.4) is 0 Å². The molecule has 1 atom stereocenters. The van der Waals surface area contributed by atoms with Crippen LogP contribution < -0.4 is 16.0 Å². The molecule has 1 aliphatic heterocycles. The molecule has 0 saturated carbocycles. The fourth-order valence-corrected chi connectivity index (χ4v) is 3.09. The average molecular weight is 323 g/mol. The summed E-state index contributed by atoms with van der Waals surface area (Å²) in [6.45, 7) is 0.752. The number of benzene rings is 2. The number of hydrogen-bond donors (Lipinski definition) is 2. The number of nitrogens with two attached hydrogens (primary N) is 1. The quantitative estimate of drug-likeness (QED) is 0.666. The van der Waals surface area contributed by atoms with Gasteiger partial charge in [0, 0.05) is 16.5 Å². The Morgan fingerprint density at radius 3 is 2.81 bits per heavy atom. The fourth-order valence-electron chi connectivity index (χ4n) is 2.60. The third-order valence-corrected chi connectivity index (χ3v) is 4.34. The van der Waals surface area contributed by atoms with Gasteiger partial charge < -0.3 is 4.74 Å². The molecule has 2 aromatic rings. The lowest BCUT2D eigenvalue weighted by Gasteiger charge is -2.18. The summed E-state index contributed by atoms with van der Waals surface area (Å²) in [5, 5.41) is 1.29. The van der Waals surface area contributed by atoms with E-state index in [1.807, 2.05) is 24.3 Å². The highest BCUT2D eigenvalue weighted by Gasteiger charge is 2.17. The number of hydrogen-bond acceptors (Lipinski definition) is 3. The summed E-state index contributed by atoms with van der Waals surface area (Å²) in [4.78, 5) is 0. The second-order valence-electron chi connectivity index (χ2n) is 5.12. The Hall–Kier alpha value is -1.26. The van der Waals surface area contributed by atoms with Crippen molar-refractivity contribution >= 4 is 23.2 Å². The summed E-state index contributed by atoms with van der Waals surface area (Å²) in [5.74, 6) is 6.70. The van der Waals surface area contributed by atoms with Gasteiger partial charge in [-0.3, -0.25) is 11.3 Å². The predicted molar refractivity (Wildman–Crippen MR) is 85.9 cm³/mol. The van der Waals surface area contributed by atoms with Crippen molar-refractivity contribution < 1.29 is 4.74 Å². The molecule has 0 spiro atoms. The highest BCUT2D eigenvalue weighted by molar-refractivity contribution is 6.35. The largest absolute Gasteiger partial charge is 0.493 e. The summed E-state index contributed by atoms with van der Waals surface area (Å²) in [6.07, 6.45) is 1.65. The van der Waals surface area contributed by atoms with Crippen LogP contribution >= 0.6 is 23.2 Å². The van der Waals surface area contributed by atoms with Crippen molar-refractivity contribution in [3.05, 3.63) is 63.1 Å². The lowest BCUT2D eigenvalue weighted by Crippen LogP contribution is -2.29. The molecule has 3 nitrogen and oxygen atoms in total. The maximum absolute atomic E-state index is 6.24. The van der Waals surface area contributed by atoms with Gasteiger partial charge in [0.2, 0.25) is 0 Å². The summed E-state index contributed by atoms with van der Waals surface area (Å²) < 4.78 is 5.53. The number of fused-ring (bicyclic) bond motifs is 1. The molecular formula is C16H16Cl2N2O. The van der Waals surface area contributed by atoms with Crippen LogP contribution in [0.15, 0.2) is 36.4 Å². The molecule has 2 aromatic carbocycles. The summed E-state index contributed by atoms with van der Waals surface area (Å²) in [5.41, 5.74) is 6.25. The molecule has 1 aliphatic rings. The van der Waals surface area contributed by atoms with E-state index in [4.69, 9.17) is 33.8 Å². The van der Waals surface area contributed by atoms with E-state index in [9.17, 15) is 0 Å². The Balaban J connectivity index is 1.85. The molecule has 3 rings (SSSR count). The molecule has 0 fully saturated rings. The zero-order valence-corrected chi connectivity index (χ0v) is 12.9. The van der Waals surface area contributed by atoms with Gasteiger partial charge in [-0.2, -0.15) is 0 Å². The van der Waals surface area contributed by atoms with Crippen LogP contribution in [0.5, 0.6) is 5.75 Å². The van der Waals surface area contributed by atoms with Gasteiger partial charge in [-0.1, -0.05) is 41.4 Å². The van der Waals surface area contributed by atoms with Crippen LogP contribution in [0.4, 0.5) is 0 Å². The monoisotopic (exact) mass is 322 g/mol. The van der Waals surface area contributed by atoms with Gasteiger partial charge in [0.25, 0.3) is 0 Å². The molecule has 0 saturated heterocycles. The third kappa shape index (κ3) is 3.16.